The summed E-state index contributed by atoms with van der Waals surface area (Å²) < 4.78 is 1.23. The molecule has 0 radical (unpaired) electrons. The Kier molecular flexibility index (Phi) is 4.53. The summed E-state index contributed by atoms with van der Waals surface area (Å²) in [6.07, 6.45) is 1.34. The van der Waals surface area contributed by atoms with Crippen LogP contribution >= 0.6 is 11.6 Å². The second kappa shape index (κ2) is 6.18. The molecule has 21 heavy (non-hydrogen) atoms. The first-order chi connectivity index (χ1) is 9.99. The number of nitrogens with one attached hydrogen (secondary N) is 1. The average Bonchev–Trinajstić information content (AvgIpc) is 2.43. The van der Waals surface area contributed by atoms with Crippen LogP contribution in [0.4, 0.5) is 0 Å². The molecule has 0 bridgehead atoms. The summed E-state index contributed by atoms with van der Waals surface area (Å²) in [6.45, 7) is 3.84. The van der Waals surface area contributed by atoms with Gasteiger partial charge in [-0.05, 0) is 30.5 Å². The summed E-state index contributed by atoms with van der Waals surface area (Å²) in [4.78, 5) is 26.3. The minimum atomic E-state index is -0.623. The molecule has 0 aliphatic carbocycles. The van der Waals surface area contributed by atoms with E-state index in [0.717, 1.165) is 0 Å². The third-order valence-corrected chi connectivity index (χ3v) is 3.77. The molecule has 1 aromatic heterocycles. The van der Waals surface area contributed by atoms with E-state index in [4.69, 9.17) is 11.6 Å². The van der Waals surface area contributed by atoms with Gasteiger partial charge in [0.15, 0.2) is 0 Å². The largest absolute Gasteiger partial charge is 0.494 e. The Labute approximate surface area is 126 Å². The molecule has 6 heteroatoms. The maximum absolute atomic E-state index is 12.1. The number of H-pyrrole nitrogens is 1. The fraction of sp³-hybridized carbons (Fsp3) is 0.333. The van der Waals surface area contributed by atoms with Gasteiger partial charge in [0, 0.05) is 11.1 Å². The van der Waals surface area contributed by atoms with E-state index < -0.39 is 11.2 Å². The van der Waals surface area contributed by atoms with Crippen molar-refractivity contribution in [3.63, 3.8) is 0 Å². The number of rotatable bonds is 4. The van der Waals surface area contributed by atoms with Gasteiger partial charge in [0.1, 0.15) is 5.56 Å². The quantitative estimate of drug-likeness (QED) is 0.912. The van der Waals surface area contributed by atoms with Crippen LogP contribution in [0.15, 0.2) is 33.9 Å². The number of aromatic amines is 1. The molecule has 0 spiro atoms. The maximum atomic E-state index is 12.1. The predicted octanol–water partition coefficient (Wildman–Crippen LogP) is 2.92. The van der Waals surface area contributed by atoms with E-state index in [2.05, 4.69) is 4.98 Å². The molecule has 1 aromatic carbocycles. The molecule has 0 atom stereocenters. The van der Waals surface area contributed by atoms with Gasteiger partial charge in [-0.15, -0.1) is 0 Å². The second-order valence-corrected chi connectivity index (χ2v) is 5.24. The standard InChI is InChI=1S/C15H17ClN2O3/c1-3-11(4-2)18-14(20)12(13(19)17-15(18)21)9-6-5-7-10(16)8-9/h5-8,11,20H,3-4H2,1-2H3,(H,17,19,21). The van der Waals surface area contributed by atoms with Crippen LogP contribution in [0, 0.1) is 0 Å². The summed E-state index contributed by atoms with van der Waals surface area (Å²) in [5.41, 5.74) is -0.691. The van der Waals surface area contributed by atoms with Crippen LogP contribution in [0.25, 0.3) is 11.1 Å². The highest BCUT2D eigenvalue weighted by Gasteiger charge is 2.20. The fourth-order valence-electron chi connectivity index (χ4n) is 2.43. The van der Waals surface area contributed by atoms with Crippen LogP contribution in [0.5, 0.6) is 5.88 Å². The van der Waals surface area contributed by atoms with Gasteiger partial charge >= 0.3 is 5.69 Å². The van der Waals surface area contributed by atoms with E-state index in [9.17, 15) is 14.7 Å². The molecule has 0 saturated heterocycles. The Morgan fingerprint density at radius 3 is 2.52 bits per heavy atom. The highest BCUT2D eigenvalue weighted by atomic mass is 35.5. The van der Waals surface area contributed by atoms with Gasteiger partial charge in [-0.2, -0.15) is 0 Å². The minimum Gasteiger partial charge on any atom is -0.494 e. The Bertz CT molecular complexity index is 760. The molecule has 0 aliphatic heterocycles. The Balaban J connectivity index is 2.76. The van der Waals surface area contributed by atoms with Crippen molar-refractivity contribution in [3.8, 4) is 17.0 Å². The van der Waals surface area contributed by atoms with Crippen molar-refractivity contribution >= 4 is 11.6 Å². The Morgan fingerprint density at radius 2 is 1.95 bits per heavy atom. The van der Waals surface area contributed by atoms with E-state index in [-0.39, 0.29) is 17.5 Å². The molecule has 5 nitrogen and oxygen atoms in total. The zero-order valence-electron chi connectivity index (χ0n) is 11.9. The Morgan fingerprint density at radius 1 is 1.29 bits per heavy atom. The first-order valence-corrected chi connectivity index (χ1v) is 7.21. The molecule has 0 saturated carbocycles. The normalized spacial score (nSPS) is 11.0. The van der Waals surface area contributed by atoms with E-state index in [1.165, 1.54) is 4.57 Å². The van der Waals surface area contributed by atoms with Crippen LogP contribution in [0.3, 0.4) is 0 Å². The molecule has 1 heterocycles. The first-order valence-electron chi connectivity index (χ1n) is 6.83. The molecule has 2 rings (SSSR count). The summed E-state index contributed by atoms with van der Waals surface area (Å²) in [6, 6.07) is 6.43. The Hall–Kier alpha value is -2.01. The lowest BCUT2D eigenvalue weighted by molar-refractivity contribution is 0.351. The molecule has 112 valence electrons. The summed E-state index contributed by atoms with van der Waals surface area (Å²) in [5, 5.41) is 10.9. The fourth-order valence-corrected chi connectivity index (χ4v) is 2.63. The zero-order chi connectivity index (χ0) is 15.6. The number of hydrogen-bond acceptors (Lipinski definition) is 3. The van der Waals surface area contributed by atoms with Crippen molar-refractivity contribution in [3.05, 3.63) is 50.1 Å². The lowest BCUT2D eigenvalue weighted by Gasteiger charge is -2.19. The van der Waals surface area contributed by atoms with Crippen molar-refractivity contribution in [2.24, 2.45) is 0 Å². The molecule has 0 unspecified atom stereocenters. The molecular formula is C15H17ClN2O3. The highest BCUT2D eigenvalue weighted by Crippen LogP contribution is 2.29. The maximum Gasteiger partial charge on any atom is 0.331 e. The zero-order valence-corrected chi connectivity index (χ0v) is 12.6. The van der Waals surface area contributed by atoms with Crippen molar-refractivity contribution in [1.82, 2.24) is 9.55 Å². The number of aromatic hydroxyl groups is 1. The molecular weight excluding hydrogens is 292 g/mol. The van der Waals surface area contributed by atoms with Gasteiger partial charge in [-0.25, -0.2) is 4.79 Å². The van der Waals surface area contributed by atoms with Gasteiger partial charge in [0.25, 0.3) is 5.56 Å². The third-order valence-electron chi connectivity index (χ3n) is 3.54. The second-order valence-electron chi connectivity index (χ2n) is 4.81. The number of benzene rings is 1. The number of nitrogens with zero attached hydrogens (tertiary/aromatic N) is 1. The van der Waals surface area contributed by atoms with Gasteiger partial charge in [-0.1, -0.05) is 37.6 Å². The molecule has 2 aromatic rings. The topological polar surface area (TPSA) is 75.1 Å². The smallest absolute Gasteiger partial charge is 0.331 e. The minimum absolute atomic E-state index is 0.0593. The highest BCUT2D eigenvalue weighted by molar-refractivity contribution is 6.30. The lowest BCUT2D eigenvalue weighted by atomic mass is 10.1. The summed E-state index contributed by atoms with van der Waals surface area (Å²) in [7, 11) is 0. The SMILES string of the molecule is CCC(CC)n1c(O)c(-c2cccc(Cl)c2)c(=O)[nH]c1=O. The van der Waals surface area contributed by atoms with E-state index in [1.54, 1.807) is 24.3 Å². The number of halogens is 1. The van der Waals surface area contributed by atoms with Gasteiger partial charge in [0.2, 0.25) is 5.88 Å². The lowest BCUT2D eigenvalue weighted by Crippen LogP contribution is -2.33. The van der Waals surface area contributed by atoms with Crippen molar-refractivity contribution in [2.75, 3.05) is 0 Å². The van der Waals surface area contributed by atoms with Crippen molar-refractivity contribution < 1.29 is 5.11 Å². The summed E-state index contributed by atoms with van der Waals surface area (Å²) in [5.74, 6) is -0.320. The van der Waals surface area contributed by atoms with E-state index in [1.807, 2.05) is 13.8 Å². The van der Waals surface area contributed by atoms with E-state index in [0.29, 0.717) is 23.4 Å². The predicted molar refractivity (Wildman–Crippen MR) is 83.1 cm³/mol. The summed E-state index contributed by atoms with van der Waals surface area (Å²) >= 11 is 5.93. The molecule has 2 N–H and O–H groups in total. The third kappa shape index (κ3) is 2.88. The number of aromatic nitrogens is 2. The first kappa shape index (κ1) is 15.4. The van der Waals surface area contributed by atoms with Crippen molar-refractivity contribution in [1.29, 1.82) is 0 Å². The van der Waals surface area contributed by atoms with Crippen LogP contribution in [-0.4, -0.2) is 14.7 Å². The van der Waals surface area contributed by atoms with Crippen LogP contribution in [0.2, 0.25) is 5.02 Å². The van der Waals surface area contributed by atoms with Gasteiger partial charge < -0.3 is 5.11 Å². The average molecular weight is 309 g/mol. The van der Waals surface area contributed by atoms with Gasteiger partial charge in [-0.3, -0.25) is 14.3 Å². The molecule has 0 amide bonds. The van der Waals surface area contributed by atoms with Crippen LogP contribution in [-0.2, 0) is 0 Å². The van der Waals surface area contributed by atoms with Gasteiger partial charge in [0.05, 0.1) is 0 Å². The van der Waals surface area contributed by atoms with Crippen LogP contribution in [0.1, 0.15) is 32.7 Å². The molecule has 0 aliphatic rings. The molecule has 0 fully saturated rings. The van der Waals surface area contributed by atoms with E-state index >= 15 is 0 Å². The van der Waals surface area contributed by atoms with Crippen LogP contribution < -0.4 is 11.2 Å². The number of hydrogen-bond donors (Lipinski definition) is 2. The monoisotopic (exact) mass is 308 g/mol. The van der Waals surface area contributed by atoms with Crippen molar-refractivity contribution in [2.45, 2.75) is 32.7 Å².